The fourth-order valence-electron chi connectivity index (χ4n) is 5.37. The largest absolute Gasteiger partial charge is 0.616 e. The van der Waals surface area contributed by atoms with E-state index >= 15 is 0 Å². The van der Waals surface area contributed by atoms with Gasteiger partial charge in [-0.15, -0.1) is 0 Å². The van der Waals surface area contributed by atoms with Crippen molar-refractivity contribution in [2.75, 3.05) is 19.2 Å². The van der Waals surface area contributed by atoms with Crippen LogP contribution in [0.2, 0.25) is 0 Å². The van der Waals surface area contributed by atoms with Crippen LogP contribution < -0.4 is 19.5 Å². The van der Waals surface area contributed by atoms with E-state index in [1.165, 1.54) is 54.3 Å². The maximum absolute atomic E-state index is 12.3. The Kier molecular flexibility index (Phi) is 13.5. The van der Waals surface area contributed by atoms with E-state index in [1.807, 2.05) is 24.3 Å². The van der Waals surface area contributed by atoms with Gasteiger partial charge in [-0.05, 0) is 62.1 Å². The number of nitrogens with one attached hydrogen (secondary N) is 1. The number of carboxylic acid groups (broad SMARTS) is 1. The number of carbonyl (C=O) groups is 3. The zero-order valence-electron chi connectivity index (χ0n) is 27.2. The summed E-state index contributed by atoms with van der Waals surface area (Å²) in [6.07, 6.45) is 8.32. The average molecular weight is 685 g/mol. The number of para-hydroxylation sites is 1. The maximum atomic E-state index is 12.3. The van der Waals surface area contributed by atoms with Crippen molar-refractivity contribution in [1.82, 2.24) is 10.2 Å². The highest BCUT2D eigenvalue weighted by molar-refractivity contribution is 8.04. The topological polar surface area (TPSA) is 137 Å². The molecule has 1 fully saturated rings. The molecule has 2 amide bonds. The van der Waals surface area contributed by atoms with Crippen LogP contribution in [-0.4, -0.2) is 68.2 Å². The van der Waals surface area contributed by atoms with Gasteiger partial charge in [0.2, 0.25) is 6.79 Å². The van der Waals surface area contributed by atoms with E-state index < -0.39 is 40.4 Å². The summed E-state index contributed by atoms with van der Waals surface area (Å²) in [6.45, 7) is 9.83. The number of hydrogen-bond acceptors (Lipinski definition) is 8. The maximum Gasteiger partial charge on any atom is 0.352 e. The molecule has 2 N–H and O–H groups in total. The molecule has 12 heteroatoms. The number of nitrogens with zero attached hydrogens (tertiary/aromatic N) is 1. The molecule has 4 atom stereocenters. The van der Waals surface area contributed by atoms with E-state index in [-0.39, 0.29) is 17.6 Å². The Bertz CT molecular complexity index is 1450. The number of thioether (sulfide) groups is 1. The van der Waals surface area contributed by atoms with Gasteiger partial charge in [0.25, 0.3) is 11.8 Å². The van der Waals surface area contributed by atoms with Crippen LogP contribution in [0.4, 0.5) is 0 Å². The van der Waals surface area contributed by atoms with Gasteiger partial charge in [-0.25, -0.2) is 4.79 Å². The van der Waals surface area contributed by atoms with Crippen molar-refractivity contribution >= 4 is 40.7 Å². The van der Waals surface area contributed by atoms with Gasteiger partial charge < -0.3 is 29.2 Å². The Hall–Kier alpha value is -3.61. The average Bonchev–Trinajstić information content (AvgIpc) is 3.54. The number of carboxylic acids is 1. The van der Waals surface area contributed by atoms with Gasteiger partial charge in [0.1, 0.15) is 33.9 Å². The van der Waals surface area contributed by atoms with Gasteiger partial charge in [-0.2, -0.15) is 0 Å². The molecule has 1 saturated heterocycles. The molecule has 0 spiro atoms. The number of unbranched alkanes of at least 4 members (excludes halogenated alkanes) is 5. The van der Waals surface area contributed by atoms with Crippen LogP contribution in [0, 0.1) is 0 Å². The number of β-lactam (4-membered cyclic amide) rings is 1. The third kappa shape index (κ3) is 9.71. The van der Waals surface area contributed by atoms with Crippen molar-refractivity contribution in [2.45, 2.75) is 82.4 Å². The first-order valence-corrected chi connectivity index (χ1v) is 18.2. The number of rotatable bonds is 15. The molecule has 0 aromatic heterocycles. The second-order valence-electron chi connectivity index (χ2n) is 11.6. The molecule has 3 heterocycles. The van der Waals surface area contributed by atoms with E-state index in [4.69, 9.17) is 14.2 Å². The Labute approximate surface area is 284 Å². The highest BCUT2D eigenvalue weighted by Gasteiger charge is 2.54. The van der Waals surface area contributed by atoms with E-state index in [9.17, 15) is 24.0 Å². The third-order valence-corrected chi connectivity index (χ3v) is 11.1. The zero-order valence-corrected chi connectivity index (χ0v) is 28.8. The number of carbonyl (C=O) groups excluding carboxylic acids is 2. The van der Waals surface area contributed by atoms with Crippen LogP contribution in [-0.2, 0) is 32.0 Å². The molecule has 2 aromatic rings. The molecule has 0 bridgehead atoms. The van der Waals surface area contributed by atoms with Gasteiger partial charge in [0, 0.05) is 11.3 Å². The zero-order chi connectivity index (χ0) is 33.9. The highest BCUT2D eigenvalue weighted by atomic mass is 32.2. The van der Waals surface area contributed by atoms with Crippen LogP contribution in [0.3, 0.4) is 0 Å². The minimum absolute atomic E-state index is 0.0789. The Morgan fingerprint density at radius 1 is 1.13 bits per heavy atom. The number of allylic oxidation sites excluding steroid dienone is 1. The fraction of sp³-hybridized carbons (Fsp3) is 0.457. The van der Waals surface area contributed by atoms with Gasteiger partial charge in [0.05, 0.1) is 0 Å². The minimum atomic E-state index is -1.19. The molecule has 0 saturated carbocycles. The molecule has 3 aliphatic rings. The van der Waals surface area contributed by atoms with E-state index in [1.54, 1.807) is 31.2 Å². The summed E-state index contributed by atoms with van der Waals surface area (Å²) in [5.41, 5.74) is 1.55. The summed E-state index contributed by atoms with van der Waals surface area (Å²) < 4.78 is 28.4. The highest BCUT2D eigenvalue weighted by Crippen LogP contribution is 2.45. The van der Waals surface area contributed by atoms with Crippen LogP contribution >= 0.6 is 11.8 Å². The molecule has 3 unspecified atom stereocenters. The quantitative estimate of drug-likeness (QED) is 0.136. The Balaban J connectivity index is 0.000000215. The van der Waals surface area contributed by atoms with Gasteiger partial charge in [-0.3, -0.25) is 14.5 Å². The van der Waals surface area contributed by atoms with Crippen molar-refractivity contribution < 1.29 is 38.3 Å². The first-order chi connectivity index (χ1) is 22.6. The molecule has 2 aromatic carbocycles. The predicted molar refractivity (Wildman–Crippen MR) is 184 cm³/mol. The number of fused-ring (bicyclic) bond motifs is 2. The smallest absolute Gasteiger partial charge is 0.352 e. The second-order valence-corrected chi connectivity index (χ2v) is 14.8. The molecule has 10 nitrogen and oxygen atoms in total. The summed E-state index contributed by atoms with van der Waals surface area (Å²) in [5.74, 6) is 0.917. The lowest BCUT2D eigenvalue weighted by atomic mass is 10.0. The van der Waals surface area contributed by atoms with Gasteiger partial charge in [-0.1, -0.05) is 86.4 Å². The van der Waals surface area contributed by atoms with Crippen LogP contribution in [0.25, 0.3) is 0 Å². The third-order valence-electron chi connectivity index (χ3n) is 8.06. The van der Waals surface area contributed by atoms with E-state index in [0.717, 1.165) is 30.1 Å². The molecule has 47 heavy (non-hydrogen) atoms. The molecule has 3 aliphatic heterocycles. The van der Waals surface area contributed by atoms with Gasteiger partial charge in [0.15, 0.2) is 18.1 Å². The number of ether oxygens (including phenoxy) is 3. The van der Waals surface area contributed by atoms with Crippen molar-refractivity contribution in [2.24, 2.45) is 0 Å². The van der Waals surface area contributed by atoms with Crippen LogP contribution in [0.15, 0.2) is 71.3 Å². The standard InChI is InChI=1S/C18H28O3S.C17H16N2O5S/c1-3-4-5-6-7-8-11-22(19)15(2)12-16-9-10-17-18(13-16)21-14-20-17;1-9-10(2)25-16-13(15(21)19(16)14(9)17(22)23)18-12(20)8-24-11-6-4-3-5-7-11/h9-10,13,15H,3-8,11-12,14H2,1-2H3;3-7,13,16H,2,8H2,1H3,(H,18,20)(H,22,23)/t;13?,16-/m.1/s1. The fourth-order valence-corrected chi connectivity index (χ4v) is 7.83. The van der Waals surface area contributed by atoms with Gasteiger partial charge >= 0.3 is 5.97 Å². The normalized spacial score (nSPS) is 19.2. The van der Waals surface area contributed by atoms with Crippen molar-refractivity contribution in [3.05, 3.63) is 76.8 Å². The summed E-state index contributed by atoms with van der Waals surface area (Å²) in [4.78, 5) is 37.5. The van der Waals surface area contributed by atoms with Crippen LogP contribution in [0.5, 0.6) is 17.2 Å². The van der Waals surface area contributed by atoms with E-state index in [0.29, 0.717) is 23.0 Å². The Morgan fingerprint density at radius 2 is 1.83 bits per heavy atom. The molecular formula is C35H44N2O8S2. The first kappa shape index (κ1) is 36.2. The summed E-state index contributed by atoms with van der Waals surface area (Å²) in [6, 6.07) is 14.1. The lowest BCUT2D eigenvalue weighted by Crippen LogP contribution is -2.70. The number of benzene rings is 2. The monoisotopic (exact) mass is 684 g/mol. The second kappa shape index (κ2) is 17.5. The lowest BCUT2D eigenvalue weighted by molar-refractivity contribution is -0.150. The summed E-state index contributed by atoms with van der Waals surface area (Å²) in [7, 11) is 0. The SMILES string of the molecule is C=C1S[C@@H]2C(NC(=O)COc3ccccc3)C(=O)N2C(C(=O)O)=C1C.CCCCCCCC[S+]([O-])C(C)Cc1ccc2c(c1)OCO2. The summed E-state index contributed by atoms with van der Waals surface area (Å²) in [5, 5.41) is 11.6. The first-order valence-electron chi connectivity index (χ1n) is 16.0. The number of hydrogen-bond donors (Lipinski definition) is 2. The molecule has 5 rings (SSSR count). The molecule has 254 valence electrons. The van der Waals surface area contributed by atoms with E-state index in [2.05, 4.69) is 25.7 Å². The number of amides is 2. The summed E-state index contributed by atoms with van der Waals surface area (Å²) >= 11 is 0.525. The Morgan fingerprint density at radius 3 is 2.55 bits per heavy atom. The van der Waals surface area contributed by atoms with Crippen LogP contribution in [0.1, 0.15) is 64.9 Å². The number of aliphatic carboxylic acids is 1. The van der Waals surface area contributed by atoms with Crippen molar-refractivity contribution in [1.29, 1.82) is 0 Å². The lowest BCUT2D eigenvalue weighted by Gasteiger charge is -2.49. The predicted octanol–water partition coefficient (Wildman–Crippen LogP) is 5.79. The molecule has 0 radical (unpaired) electrons. The molecule has 0 aliphatic carbocycles. The molecular weight excluding hydrogens is 641 g/mol. The van der Waals surface area contributed by atoms with Crippen molar-refractivity contribution in [3.8, 4) is 17.2 Å². The minimum Gasteiger partial charge on any atom is -0.616 e. The van der Waals surface area contributed by atoms with Crippen molar-refractivity contribution in [3.63, 3.8) is 0 Å².